The van der Waals surface area contributed by atoms with Gasteiger partial charge in [0, 0.05) is 6.42 Å². The van der Waals surface area contributed by atoms with Crippen molar-refractivity contribution >= 4 is 5.97 Å². The van der Waals surface area contributed by atoms with Gasteiger partial charge in [-0.2, -0.15) is 0 Å². The molecular weight excluding hydrogens is 255 g/mol. The molecule has 0 spiro atoms. The highest BCUT2D eigenvalue weighted by molar-refractivity contribution is 5.71. The van der Waals surface area contributed by atoms with Gasteiger partial charge in [0.05, 0.1) is 0 Å². The number of hydrogen-bond acceptors (Lipinski definition) is 2. The van der Waals surface area contributed by atoms with Crippen molar-refractivity contribution in [3.63, 3.8) is 0 Å². The van der Waals surface area contributed by atoms with Crippen LogP contribution in [0.3, 0.4) is 0 Å². The first-order valence-corrected chi connectivity index (χ1v) is 6.63. The van der Waals surface area contributed by atoms with E-state index in [1.807, 2.05) is 25.1 Å². The number of hydrogen-bond donors (Lipinski definition) is 0. The van der Waals surface area contributed by atoms with E-state index in [-0.39, 0.29) is 11.8 Å². The molecule has 2 aromatic carbocycles. The maximum Gasteiger partial charge on any atom is 0.310 e. The lowest BCUT2D eigenvalue weighted by Gasteiger charge is -2.08. The number of ether oxygens (including phenoxy) is 1. The minimum absolute atomic E-state index is 0.237. The molecule has 2 nitrogen and oxygen atoms in total. The van der Waals surface area contributed by atoms with Crippen molar-refractivity contribution in [2.75, 3.05) is 0 Å². The predicted molar refractivity (Wildman–Crippen MR) is 76.3 cm³/mol. The van der Waals surface area contributed by atoms with Gasteiger partial charge < -0.3 is 4.74 Å². The topological polar surface area (TPSA) is 26.3 Å². The molecule has 0 amide bonds. The number of carbonyl (C=O) groups excluding carboxylic acids is 1. The van der Waals surface area contributed by atoms with Gasteiger partial charge in [0.15, 0.2) is 0 Å². The molecule has 0 N–H and O–H groups in total. The van der Waals surface area contributed by atoms with Crippen molar-refractivity contribution in [3.05, 3.63) is 65.0 Å². The van der Waals surface area contributed by atoms with Crippen LogP contribution in [0.2, 0.25) is 0 Å². The summed E-state index contributed by atoms with van der Waals surface area (Å²) >= 11 is 0. The fourth-order valence-corrected chi connectivity index (χ4v) is 1.97. The summed E-state index contributed by atoms with van der Waals surface area (Å²) in [5, 5.41) is 0. The first-order chi connectivity index (χ1) is 9.58. The highest BCUT2D eigenvalue weighted by atomic mass is 19.1. The number of benzene rings is 2. The van der Waals surface area contributed by atoms with Crippen molar-refractivity contribution in [2.24, 2.45) is 0 Å². The van der Waals surface area contributed by atoms with Crippen molar-refractivity contribution < 1.29 is 13.9 Å². The molecule has 0 aromatic heterocycles. The van der Waals surface area contributed by atoms with E-state index in [4.69, 9.17) is 4.74 Å². The standard InChI is InChI=1S/C17H17FO2/c1-3-17(19)20-16-6-4-5-13(10-16)9-14-11-15(18)8-7-12(14)2/h4-8,10-11H,3,9H2,1-2H3. The number of rotatable bonds is 4. The SMILES string of the molecule is CCC(=O)Oc1cccc(Cc2cc(F)ccc2C)c1. The second kappa shape index (κ2) is 6.33. The van der Waals surface area contributed by atoms with E-state index < -0.39 is 0 Å². The van der Waals surface area contributed by atoms with E-state index in [0.29, 0.717) is 18.6 Å². The minimum atomic E-state index is -0.260. The Hall–Kier alpha value is -2.16. The molecule has 3 heteroatoms. The average Bonchev–Trinajstić information content (AvgIpc) is 2.43. The van der Waals surface area contributed by atoms with Gasteiger partial charge in [0.1, 0.15) is 11.6 Å². The molecule has 2 aromatic rings. The van der Waals surface area contributed by atoms with Crippen molar-refractivity contribution in [1.29, 1.82) is 0 Å². The zero-order valence-electron chi connectivity index (χ0n) is 11.7. The Labute approximate surface area is 118 Å². The predicted octanol–water partition coefficient (Wildman–Crippen LogP) is 4.04. The van der Waals surface area contributed by atoms with E-state index in [0.717, 1.165) is 16.7 Å². The first-order valence-electron chi connectivity index (χ1n) is 6.63. The third kappa shape index (κ3) is 3.67. The van der Waals surface area contributed by atoms with Crippen LogP contribution in [0.25, 0.3) is 0 Å². The summed E-state index contributed by atoms with van der Waals surface area (Å²) in [5.74, 6) is 0.0339. The monoisotopic (exact) mass is 272 g/mol. The Bertz CT molecular complexity index is 620. The lowest BCUT2D eigenvalue weighted by molar-refractivity contribution is -0.134. The van der Waals surface area contributed by atoms with E-state index in [1.165, 1.54) is 6.07 Å². The zero-order chi connectivity index (χ0) is 14.5. The number of esters is 1. The quantitative estimate of drug-likeness (QED) is 0.620. The summed E-state index contributed by atoms with van der Waals surface area (Å²) in [4.78, 5) is 11.3. The molecule has 0 heterocycles. The van der Waals surface area contributed by atoms with Crippen LogP contribution >= 0.6 is 0 Å². The molecule has 0 saturated carbocycles. The zero-order valence-corrected chi connectivity index (χ0v) is 11.7. The Morgan fingerprint density at radius 2 is 2.00 bits per heavy atom. The van der Waals surface area contributed by atoms with Crippen LogP contribution in [-0.2, 0) is 11.2 Å². The lowest BCUT2D eigenvalue weighted by atomic mass is 10.0. The van der Waals surface area contributed by atoms with Crippen LogP contribution in [0.15, 0.2) is 42.5 Å². The van der Waals surface area contributed by atoms with Crippen molar-refractivity contribution in [3.8, 4) is 5.75 Å². The largest absolute Gasteiger partial charge is 0.427 e. The molecular formula is C17H17FO2. The van der Waals surface area contributed by atoms with Gasteiger partial charge >= 0.3 is 5.97 Å². The number of aryl methyl sites for hydroxylation is 1. The second-order valence-corrected chi connectivity index (χ2v) is 4.72. The fourth-order valence-electron chi connectivity index (χ4n) is 1.97. The number of carbonyl (C=O) groups is 1. The summed E-state index contributed by atoms with van der Waals surface area (Å²) in [6.07, 6.45) is 0.953. The summed E-state index contributed by atoms with van der Waals surface area (Å²) in [6.45, 7) is 3.71. The van der Waals surface area contributed by atoms with Gasteiger partial charge in [-0.3, -0.25) is 4.79 Å². The van der Waals surface area contributed by atoms with Crippen LogP contribution in [0.1, 0.15) is 30.0 Å². The molecule has 0 radical (unpaired) electrons. The fraction of sp³-hybridized carbons (Fsp3) is 0.235. The van der Waals surface area contributed by atoms with E-state index in [1.54, 1.807) is 25.1 Å². The molecule has 0 bridgehead atoms. The van der Waals surface area contributed by atoms with E-state index >= 15 is 0 Å². The molecule has 0 saturated heterocycles. The molecule has 104 valence electrons. The summed E-state index contributed by atoms with van der Waals surface area (Å²) < 4.78 is 18.5. The highest BCUT2D eigenvalue weighted by Gasteiger charge is 2.05. The molecule has 0 unspecified atom stereocenters. The van der Waals surface area contributed by atoms with Gasteiger partial charge in [0.2, 0.25) is 0 Å². The van der Waals surface area contributed by atoms with Gasteiger partial charge in [-0.25, -0.2) is 4.39 Å². The average molecular weight is 272 g/mol. The van der Waals surface area contributed by atoms with Gasteiger partial charge in [-0.1, -0.05) is 25.1 Å². The third-order valence-electron chi connectivity index (χ3n) is 3.12. The maximum absolute atomic E-state index is 13.3. The van der Waals surface area contributed by atoms with Gasteiger partial charge in [-0.15, -0.1) is 0 Å². The Balaban J connectivity index is 2.19. The van der Waals surface area contributed by atoms with Crippen LogP contribution in [0, 0.1) is 12.7 Å². The third-order valence-corrected chi connectivity index (χ3v) is 3.12. The lowest BCUT2D eigenvalue weighted by Crippen LogP contribution is -2.05. The maximum atomic E-state index is 13.3. The van der Waals surface area contributed by atoms with Crippen molar-refractivity contribution in [1.82, 2.24) is 0 Å². The second-order valence-electron chi connectivity index (χ2n) is 4.72. The van der Waals surface area contributed by atoms with Crippen molar-refractivity contribution in [2.45, 2.75) is 26.7 Å². The molecule has 0 atom stereocenters. The van der Waals surface area contributed by atoms with Gasteiger partial charge in [0.25, 0.3) is 0 Å². The van der Waals surface area contributed by atoms with E-state index in [2.05, 4.69) is 0 Å². The minimum Gasteiger partial charge on any atom is -0.427 e. The molecule has 2 rings (SSSR count). The smallest absolute Gasteiger partial charge is 0.310 e. The Morgan fingerprint density at radius 3 is 2.75 bits per heavy atom. The summed E-state index contributed by atoms with van der Waals surface area (Å²) in [5.41, 5.74) is 2.96. The van der Waals surface area contributed by atoms with Crippen LogP contribution < -0.4 is 4.74 Å². The molecule has 0 aliphatic carbocycles. The van der Waals surface area contributed by atoms with Gasteiger partial charge in [-0.05, 0) is 54.3 Å². The highest BCUT2D eigenvalue weighted by Crippen LogP contribution is 2.19. The summed E-state index contributed by atoms with van der Waals surface area (Å²) in [7, 11) is 0. The van der Waals surface area contributed by atoms with Crippen LogP contribution in [0.5, 0.6) is 5.75 Å². The first kappa shape index (κ1) is 14.3. The molecule has 0 aliphatic rings. The molecule has 0 aliphatic heterocycles. The molecule has 0 fully saturated rings. The normalized spacial score (nSPS) is 10.3. The Morgan fingerprint density at radius 1 is 1.20 bits per heavy atom. The van der Waals surface area contributed by atoms with Crippen LogP contribution in [-0.4, -0.2) is 5.97 Å². The Kier molecular flexibility index (Phi) is 4.51. The van der Waals surface area contributed by atoms with E-state index in [9.17, 15) is 9.18 Å². The summed E-state index contributed by atoms with van der Waals surface area (Å²) in [6, 6.07) is 12.1. The van der Waals surface area contributed by atoms with Crippen LogP contribution in [0.4, 0.5) is 4.39 Å². The molecule has 20 heavy (non-hydrogen) atoms. The number of halogens is 1.